The van der Waals surface area contributed by atoms with Crippen LogP contribution in [0.1, 0.15) is 17.3 Å². The van der Waals surface area contributed by atoms with E-state index < -0.39 is 5.91 Å². The second kappa shape index (κ2) is 4.57. The first-order chi connectivity index (χ1) is 6.65. The van der Waals surface area contributed by atoms with Gasteiger partial charge in [0, 0.05) is 24.5 Å². The van der Waals surface area contributed by atoms with Crippen LogP contribution in [0, 0.1) is 0 Å². The Morgan fingerprint density at radius 1 is 1.71 bits per heavy atom. The van der Waals surface area contributed by atoms with Crippen molar-refractivity contribution in [2.75, 3.05) is 6.61 Å². The standard InChI is InChI=1S/C9H12N2O3/c1-6(5-12)11-9(14)7-4-10-3-2-8(7)13/h2-4,6,12H,5H2,1H3,(H,10,13)(H,11,14). The van der Waals surface area contributed by atoms with Crippen LogP contribution in [0.2, 0.25) is 0 Å². The molecule has 1 rings (SSSR count). The van der Waals surface area contributed by atoms with Gasteiger partial charge in [0.15, 0.2) is 5.43 Å². The third kappa shape index (κ3) is 2.43. The Morgan fingerprint density at radius 2 is 2.43 bits per heavy atom. The van der Waals surface area contributed by atoms with Gasteiger partial charge in [0.2, 0.25) is 0 Å². The Labute approximate surface area is 80.8 Å². The number of aliphatic hydroxyl groups excluding tert-OH is 1. The number of aliphatic hydroxyl groups is 1. The summed E-state index contributed by atoms with van der Waals surface area (Å²) in [5, 5.41) is 11.2. The quantitative estimate of drug-likeness (QED) is 0.608. The second-order valence-corrected chi connectivity index (χ2v) is 2.98. The number of carbonyl (C=O) groups is 1. The Balaban J connectivity index is 2.80. The van der Waals surface area contributed by atoms with Crippen molar-refractivity contribution < 1.29 is 9.90 Å². The average molecular weight is 196 g/mol. The summed E-state index contributed by atoms with van der Waals surface area (Å²) in [4.78, 5) is 25.2. The lowest BCUT2D eigenvalue weighted by atomic mass is 10.2. The minimum Gasteiger partial charge on any atom is -0.394 e. The van der Waals surface area contributed by atoms with Gasteiger partial charge in [-0.25, -0.2) is 0 Å². The molecule has 5 heteroatoms. The van der Waals surface area contributed by atoms with Crippen LogP contribution in [0.25, 0.3) is 0 Å². The van der Waals surface area contributed by atoms with E-state index >= 15 is 0 Å². The van der Waals surface area contributed by atoms with Gasteiger partial charge in [-0.1, -0.05) is 0 Å². The zero-order valence-electron chi connectivity index (χ0n) is 7.78. The summed E-state index contributed by atoms with van der Waals surface area (Å²) >= 11 is 0. The van der Waals surface area contributed by atoms with Crippen LogP contribution in [0.5, 0.6) is 0 Å². The number of amides is 1. The number of rotatable bonds is 3. The number of aromatic amines is 1. The number of nitrogens with one attached hydrogen (secondary N) is 2. The molecule has 0 aliphatic heterocycles. The van der Waals surface area contributed by atoms with Gasteiger partial charge in [-0.3, -0.25) is 9.59 Å². The highest BCUT2D eigenvalue weighted by molar-refractivity contribution is 5.93. The fourth-order valence-corrected chi connectivity index (χ4v) is 0.941. The molecular weight excluding hydrogens is 184 g/mol. The SMILES string of the molecule is CC(CO)NC(=O)c1c[nH]ccc1=O. The minimum absolute atomic E-state index is 0.0489. The van der Waals surface area contributed by atoms with Crippen LogP contribution in [-0.2, 0) is 0 Å². The smallest absolute Gasteiger partial charge is 0.257 e. The molecule has 1 unspecified atom stereocenters. The second-order valence-electron chi connectivity index (χ2n) is 2.98. The zero-order valence-corrected chi connectivity index (χ0v) is 7.78. The van der Waals surface area contributed by atoms with Gasteiger partial charge in [0.1, 0.15) is 5.56 Å². The van der Waals surface area contributed by atoms with Crippen molar-refractivity contribution in [1.29, 1.82) is 0 Å². The van der Waals surface area contributed by atoms with Crippen molar-refractivity contribution in [3.8, 4) is 0 Å². The zero-order chi connectivity index (χ0) is 10.6. The topological polar surface area (TPSA) is 82.2 Å². The summed E-state index contributed by atoms with van der Waals surface area (Å²) < 4.78 is 0. The largest absolute Gasteiger partial charge is 0.394 e. The van der Waals surface area contributed by atoms with Crippen molar-refractivity contribution in [1.82, 2.24) is 10.3 Å². The van der Waals surface area contributed by atoms with E-state index in [0.29, 0.717) is 0 Å². The molecule has 1 atom stereocenters. The Kier molecular flexibility index (Phi) is 3.41. The highest BCUT2D eigenvalue weighted by Gasteiger charge is 2.11. The molecule has 0 bridgehead atoms. The number of pyridine rings is 1. The van der Waals surface area contributed by atoms with Gasteiger partial charge < -0.3 is 15.4 Å². The highest BCUT2D eigenvalue weighted by atomic mass is 16.3. The first-order valence-corrected chi connectivity index (χ1v) is 4.24. The Hall–Kier alpha value is -1.62. The van der Waals surface area contributed by atoms with Crippen molar-refractivity contribution in [2.45, 2.75) is 13.0 Å². The van der Waals surface area contributed by atoms with Gasteiger partial charge in [-0.05, 0) is 6.92 Å². The van der Waals surface area contributed by atoms with Crippen LogP contribution >= 0.6 is 0 Å². The van der Waals surface area contributed by atoms with Crippen molar-refractivity contribution in [3.63, 3.8) is 0 Å². The molecule has 1 aromatic heterocycles. The van der Waals surface area contributed by atoms with Crippen LogP contribution in [0.3, 0.4) is 0 Å². The van der Waals surface area contributed by atoms with Gasteiger partial charge in [0.05, 0.1) is 6.61 Å². The Bertz CT molecular complexity index is 372. The fourth-order valence-electron chi connectivity index (χ4n) is 0.941. The van der Waals surface area contributed by atoms with E-state index in [1.165, 1.54) is 18.5 Å². The summed E-state index contributed by atoms with van der Waals surface area (Å²) in [7, 11) is 0. The van der Waals surface area contributed by atoms with Crippen LogP contribution in [-0.4, -0.2) is 28.6 Å². The molecule has 1 aromatic rings. The molecule has 0 radical (unpaired) electrons. The van der Waals surface area contributed by atoms with Crippen LogP contribution in [0.4, 0.5) is 0 Å². The lowest BCUT2D eigenvalue weighted by Crippen LogP contribution is -2.37. The summed E-state index contributed by atoms with van der Waals surface area (Å²) in [6.45, 7) is 1.49. The summed E-state index contributed by atoms with van der Waals surface area (Å²) in [6.07, 6.45) is 2.79. The molecule has 1 amide bonds. The van der Waals surface area contributed by atoms with Crippen molar-refractivity contribution in [2.24, 2.45) is 0 Å². The molecule has 1 heterocycles. The summed E-state index contributed by atoms with van der Waals surface area (Å²) in [6, 6.07) is 0.917. The molecular formula is C9H12N2O3. The molecule has 0 aliphatic carbocycles. The van der Waals surface area contributed by atoms with E-state index in [2.05, 4.69) is 10.3 Å². The van der Waals surface area contributed by atoms with E-state index in [0.717, 1.165) is 0 Å². The molecule has 0 aliphatic rings. The van der Waals surface area contributed by atoms with Crippen molar-refractivity contribution >= 4 is 5.91 Å². The van der Waals surface area contributed by atoms with Gasteiger partial charge in [-0.2, -0.15) is 0 Å². The first kappa shape index (κ1) is 10.5. The van der Waals surface area contributed by atoms with E-state index in [1.54, 1.807) is 6.92 Å². The molecule has 0 fully saturated rings. The van der Waals surface area contributed by atoms with Gasteiger partial charge >= 0.3 is 0 Å². The summed E-state index contributed by atoms with van der Waals surface area (Å²) in [5.74, 6) is -0.478. The maximum atomic E-state index is 11.4. The van der Waals surface area contributed by atoms with E-state index in [4.69, 9.17) is 5.11 Å². The van der Waals surface area contributed by atoms with Gasteiger partial charge in [0.25, 0.3) is 5.91 Å². The van der Waals surface area contributed by atoms with Crippen molar-refractivity contribution in [3.05, 3.63) is 34.2 Å². The third-order valence-corrected chi connectivity index (χ3v) is 1.72. The molecule has 5 nitrogen and oxygen atoms in total. The van der Waals surface area contributed by atoms with Crippen LogP contribution in [0.15, 0.2) is 23.3 Å². The first-order valence-electron chi connectivity index (χ1n) is 4.24. The molecule has 14 heavy (non-hydrogen) atoms. The van der Waals surface area contributed by atoms with E-state index in [-0.39, 0.29) is 23.6 Å². The predicted molar refractivity (Wildman–Crippen MR) is 51.1 cm³/mol. The lowest BCUT2D eigenvalue weighted by molar-refractivity contribution is 0.0921. The normalized spacial score (nSPS) is 12.1. The van der Waals surface area contributed by atoms with Crippen LogP contribution < -0.4 is 10.7 Å². The number of H-pyrrole nitrogens is 1. The number of aromatic nitrogens is 1. The maximum absolute atomic E-state index is 11.4. The molecule has 0 saturated heterocycles. The number of hydrogen-bond acceptors (Lipinski definition) is 3. The number of hydrogen-bond donors (Lipinski definition) is 3. The number of carbonyl (C=O) groups excluding carboxylic acids is 1. The molecule has 0 saturated carbocycles. The Morgan fingerprint density at radius 3 is 3.00 bits per heavy atom. The molecule has 3 N–H and O–H groups in total. The maximum Gasteiger partial charge on any atom is 0.257 e. The van der Waals surface area contributed by atoms with E-state index in [1.807, 2.05) is 0 Å². The average Bonchev–Trinajstić information content (AvgIpc) is 2.18. The molecule has 0 spiro atoms. The monoisotopic (exact) mass is 196 g/mol. The van der Waals surface area contributed by atoms with E-state index in [9.17, 15) is 9.59 Å². The molecule has 76 valence electrons. The fraction of sp³-hybridized carbons (Fsp3) is 0.333. The summed E-state index contributed by atoms with van der Waals surface area (Å²) in [5.41, 5.74) is -0.292. The highest BCUT2D eigenvalue weighted by Crippen LogP contribution is 1.89. The minimum atomic E-state index is -0.478. The lowest BCUT2D eigenvalue weighted by Gasteiger charge is -2.09. The predicted octanol–water partition coefficient (Wildman–Crippen LogP) is -0.515. The third-order valence-electron chi connectivity index (χ3n) is 1.72. The molecule has 0 aromatic carbocycles. The van der Waals surface area contributed by atoms with Gasteiger partial charge in [-0.15, -0.1) is 0 Å².